The monoisotopic (exact) mass is 391 g/mol. The number of carbonyl (C=O) groups is 1. The first-order valence-corrected chi connectivity index (χ1v) is 8.10. The molecule has 8 heteroatoms. The lowest BCUT2D eigenvalue weighted by Crippen LogP contribution is -2.30. The Labute approximate surface area is 154 Å². The standard InChI is InChI=1S/C15H13Cl4N3O/c1-22(7-9-3-2-4-11(17)14(9)19)8-13(23)21-15-12(18)5-10(16)6-20-15/h2-6H,7-8H2,1H3,(H,20,21,23). The number of aromatic nitrogens is 1. The summed E-state index contributed by atoms with van der Waals surface area (Å²) in [6.07, 6.45) is 1.42. The molecule has 0 unspecified atom stereocenters. The van der Waals surface area contributed by atoms with Crippen molar-refractivity contribution in [3.05, 3.63) is 56.1 Å². The zero-order valence-electron chi connectivity index (χ0n) is 12.1. The molecule has 0 fully saturated rings. The molecular formula is C15H13Cl4N3O. The van der Waals surface area contributed by atoms with Crippen LogP contribution in [0.4, 0.5) is 5.82 Å². The fraction of sp³-hybridized carbons (Fsp3) is 0.200. The molecule has 2 aromatic rings. The van der Waals surface area contributed by atoms with Gasteiger partial charge in [-0.2, -0.15) is 0 Å². The van der Waals surface area contributed by atoms with Crippen LogP contribution in [0.3, 0.4) is 0 Å². The number of nitrogens with zero attached hydrogens (tertiary/aromatic N) is 2. The summed E-state index contributed by atoms with van der Waals surface area (Å²) in [5.74, 6) is 0.0256. The maximum absolute atomic E-state index is 12.1. The predicted octanol–water partition coefficient (Wildman–Crippen LogP) is 4.77. The summed E-state index contributed by atoms with van der Waals surface area (Å²) in [6.45, 7) is 0.623. The first kappa shape index (κ1) is 18.3. The van der Waals surface area contributed by atoms with E-state index in [1.165, 1.54) is 12.3 Å². The molecule has 1 heterocycles. The molecule has 0 aliphatic rings. The number of nitrogens with one attached hydrogen (secondary N) is 1. The summed E-state index contributed by atoms with van der Waals surface area (Å²) in [6, 6.07) is 6.91. The average Bonchev–Trinajstić information content (AvgIpc) is 2.47. The number of carbonyl (C=O) groups excluding carboxylic acids is 1. The number of amides is 1. The van der Waals surface area contributed by atoms with Gasteiger partial charge in [-0.15, -0.1) is 0 Å². The second kappa shape index (κ2) is 8.18. The second-order valence-electron chi connectivity index (χ2n) is 4.92. The van der Waals surface area contributed by atoms with Crippen molar-refractivity contribution in [3.8, 4) is 0 Å². The minimum Gasteiger partial charge on any atom is -0.308 e. The largest absolute Gasteiger partial charge is 0.308 e. The minimum atomic E-state index is -0.248. The lowest BCUT2D eigenvalue weighted by Gasteiger charge is -2.17. The van der Waals surface area contributed by atoms with Crippen molar-refractivity contribution in [2.24, 2.45) is 0 Å². The highest BCUT2D eigenvalue weighted by molar-refractivity contribution is 6.42. The highest BCUT2D eigenvalue weighted by Crippen LogP contribution is 2.26. The van der Waals surface area contributed by atoms with Gasteiger partial charge in [0, 0.05) is 12.7 Å². The van der Waals surface area contributed by atoms with E-state index >= 15 is 0 Å². The average molecular weight is 393 g/mol. The molecule has 0 aliphatic carbocycles. The molecule has 1 aromatic heterocycles. The Kier molecular flexibility index (Phi) is 6.50. The number of benzene rings is 1. The van der Waals surface area contributed by atoms with Gasteiger partial charge in [0.1, 0.15) is 0 Å². The van der Waals surface area contributed by atoms with Gasteiger partial charge in [-0.1, -0.05) is 58.5 Å². The van der Waals surface area contributed by atoms with Crippen LogP contribution in [-0.2, 0) is 11.3 Å². The number of hydrogen-bond donors (Lipinski definition) is 1. The Hall–Kier alpha value is -1.04. The number of anilines is 1. The quantitative estimate of drug-likeness (QED) is 0.797. The van der Waals surface area contributed by atoms with Gasteiger partial charge in [-0.05, 0) is 24.7 Å². The van der Waals surface area contributed by atoms with Crippen molar-refractivity contribution < 1.29 is 4.79 Å². The van der Waals surface area contributed by atoms with Crippen LogP contribution >= 0.6 is 46.4 Å². The first-order chi connectivity index (χ1) is 10.9. The van der Waals surface area contributed by atoms with Crippen molar-refractivity contribution in [1.29, 1.82) is 0 Å². The normalized spacial score (nSPS) is 10.9. The molecule has 0 saturated carbocycles. The number of hydrogen-bond acceptors (Lipinski definition) is 3. The van der Waals surface area contributed by atoms with Crippen LogP contribution in [0.5, 0.6) is 0 Å². The molecule has 0 bridgehead atoms. The SMILES string of the molecule is CN(CC(=O)Nc1ncc(Cl)cc1Cl)Cc1cccc(Cl)c1Cl. The summed E-state index contributed by atoms with van der Waals surface area (Å²) in [4.78, 5) is 17.8. The molecule has 1 aromatic carbocycles. The minimum absolute atomic E-state index is 0.142. The van der Waals surface area contributed by atoms with Crippen LogP contribution in [0.1, 0.15) is 5.56 Å². The summed E-state index contributed by atoms with van der Waals surface area (Å²) in [5.41, 5.74) is 0.845. The number of likely N-dealkylation sites (N-methyl/N-ethyl adjacent to an activating group) is 1. The summed E-state index contributed by atoms with van der Waals surface area (Å²) in [5, 5.41) is 4.30. The van der Waals surface area contributed by atoms with E-state index in [1.807, 2.05) is 12.1 Å². The molecule has 0 aliphatic heterocycles. The highest BCUT2D eigenvalue weighted by Gasteiger charge is 2.12. The van der Waals surface area contributed by atoms with Crippen LogP contribution < -0.4 is 5.32 Å². The van der Waals surface area contributed by atoms with Crippen LogP contribution in [0.25, 0.3) is 0 Å². The molecule has 0 spiro atoms. The van der Waals surface area contributed by atoms with Gasteiger partial charge in [0.25, 0.3) is 0 Å². The van der Waals surface area contributed by atoms with Gasteiger partial charge in [0.2, 0.25) is 5.91 Å². The van der Waals surface area contributed by atoms with Gasteiger partial charge in [0.15, 0.2) is 5.82 Å². The summed E-state index contributed by atoms with van der Waals surface area (Å²) >= 11 is 23.9. The fourth-order valence-corrected chi connectivity index (χ4v) is 2.75. The Bertz CT molecular complexity index is 724. The van der Waals surface area contributed by atoms with Gasteiger partial charge in [-0.25, -0.2) is 4.98 Å². The molecule has 2 rings (SSSR count). The Morgan fingerprint density at radius 1 is 1.22 bits per heavy atom. The summed E-state index contributed by atoms with van der Waals surface area (Å²) < 4.78 is 0. The van der Waals surface area contributed by atoms with E-state index in [1.54, 1.807) is 18.0 Å². The molecule has 23 heavy (non-hydrogen) atoms. The highest BCUT2D eigenvalue weighted by atomic mass is 35.5. The molecule has 0 radical (unpaired) electrons. The van der Waals surface area contributed by atoms with Gasteiger partial charge >= 0.3 is 0 Å². The maximum Gasteiger partial charge on any atom is 0.239 e. The lowest BCUT2D eigenvalue weighted by atomic mass is 10.2. The maximum atomic E-state index is 12.1. The zero-order valence-corrected chi connectivity index (χ0v) is 15.1. The van der Waals surface area contributed by atoms with Crippen LogP contribution in [0, 0.1) is 0 Å². The third-order valence-electron chi connectivity index (χ3n) is 2.95. The third kappa shape index (κ3) is 5.23. The van der Waals surface area contributed by atoms with Crippen LogP contribution in [0.2, 0.25) is 20.1 Å². The van der Waals surface area contributed by atoms with E-state index in [9.17, 15) is 4.79 Å². The van der Waals surface area contributed by atoms with E-state index in [0.29, 0.717) is 21.6 Å². The molecule has 122 valence electrons. The topological polar surface area (TPSA) is 45.2 Å². The Balaban J connectivity index is 1.95. The van der Waals surface area contributed by atoms with E-state index in [2.05, 4.69) is 10.3 Å². The first-order valence-electron chi connectivity index (χ1n) is 6.59. The number of halogens is 4. The number of pyridine rings is 1. The van der Waals surface area contributed by atoms with Gasteiger partial charge in [-0.3, -0.25) is 9.69 Å². The van der Waals surface area contributed by atoms with Gasteiger partial charge < -0.3 is 5.32 Å². The molecule has 1 amide bonds. The van der Waals surface area contributed by atoms with E-state index in [4.69, 9.17) is 46.4 Å². The van der Waals surface area contributed by atoms with Crippen molar-refractivity contribution in [3.63, 3.8) is 0 Å². The third-order valence-corrected chi connectivity index (χ3v) is 4.30. The molecule has 4 nitrogen and oxygen atoms in total. The Morgan fingerprint density at radius 3 is 2.65 bits per heavy atom. The van der Waals surface area contributed by atoms with Gasteiger partial charge in [0.05, 0.1) is 26.6 Å². The molecule has 0 saturated heterocycles. The summed E-state index contributed by atoms with van der Waals surface area (Å²) in [7, 11) is 1.80. The molecule has 0 atom stereocenters. The lowest BCUT2D eigenvalue weighted by molar-refractivity contribution is -0.117. The molecule has 1 N–H and O–H groups in total. The van der Waals surface area contributed by atoms with Crippen LogP contribution in [-0.4, -0.2) is 29.4 Å². The van der Waals surface area contributed by atoms with Crippen molar-refractivity contribution in [1.82, 2.24) is 9.88 Å². The Morgan fingerprint density at radius 2 is 1.96 bits per heavy atom. The predicted molar refractivity (Wildman–Crippen MR) is 95.7 cm³/mol. The number of rotatable bonds is 5. The van der Waals surface area contributed by atoms with E-state index < -0.39 is 0 Å². The second-order valence-corrected chi connectivity index (χ2v) is 6.55. The zero-order chi connectivity index (χ0) is 17.0. The van der Waals surface area contributed by atoms with Crippen LogP contribution in [0.15, 0.2) is 30.5 Å². The smallest absolute Gasteiger partial charge is 0.239 e. The molecular weight excluding hydrogens is 380 g/mol. The van der Waals surface area contributed by atoms with E-state index in [0.717, 1.165) is 5.56 Å². The van der Waals surface area contributed by atoms with Crippen molar-refractivity contribution >= 4 is 58.1 Å². The van der Waals surface area contributed by atoms with Crippen molar-refractivity contribution in [2.75, 3.05) is 18.9 Å². The van der Waals surface area contributed by atoms with E-state index in [-0.39, 0.29) is 23.3 Å². The van der Waals surface area contributed by atoms with Crippen molar-refractivity contribution in [2.45, 2.75) is 6.54 Å². The fourth-order valence-electron chi connectivity index (χ4n) is 1.94.